The number of rotatable bonds is 4. The van der Waals surface area contributed by atoms with Gasteiger partial charge >= 0.3 is 0 Å². The molecule has 1 aromatic rings. The minimum atomic E-state index is -1.25. The van der Waals surface area contributed by atoms with Crippen LogP contribution in [-0.2, 0) is 11.2 Å². The van der Waals surface area contributed by atoms with E-state index in [1.807, 2.05) is 6.92 Å². The van der Waals surface area contributed by atoms with Gasteiger partial charge in [-0.3, -0.25) is 9.69 Å². The van der Waals surface area contributed by atoms with Crippen molar-refractivity contribution in [3.63, 3.8) is 0 Å². The van der Waals surface area contributed by atoms with E-state index >= 15 is 0 Å². The maximum absolute atomic E-state index is 13.7. The second-order valence-electron chi connectivity index (χ2n) is 6.45. The first-order chi connectivity index (χ1) is 11.8. The van der Waals surface area contributed by atoms with Crippen LogP contribution in [0.5, 0.6) is 0 Å². The van der Waals surface area contributed by atoms with Gasteiger partial charge in [0.2, 0.25) is 5.91 Å². The fraction of sp³-hybridized carbons (Fsp3) is 0.562. The Labute approximate surface area is 143 Å². The van der Waals surface area contributed by atoms with Crippen molar-refractivity contribution >= 4 is 5.91 Å². The molecule has 1 amide bonds. The van der Waals surface area contributed by atoms with Gasteiger partial charge in [-0.15, -0.1) is 0 Å². The SMILES string of the molecule is CC1N=NC2CN(C(=O)C[C@H](N)Cc3cc(F)c(F)cc3F)CCN12. The van der Waals surface area contributed by atoms with E-state index in [2.05, 4.69) is 15.1 Å². The van der Waals surface area contributed by atoms with Crippen LogP contribution in [0.25, 0.3) is 0 Å². The van der Waals surface area contributed by atoms with Crippen molar-refractivity contribution in [2.75, 3.05) is 19.6 Å². The number of carbonyl (C=O) groups is 1. The summed E-state index contributed by atoms with van der Waals surface area (Å²) in [6, 6.07) is 0.590. The molecule has 2 unspecified atom stereocenters. The first-order valence-electron chi connectivity index (χ1n) is 8.17. The highest BCUT2D eigenvalue weighted by Gasteiger charge is 2.35. The second kappa shape index (κ2) is 7.09. The molecule has 0 saturated carbocycles. The molecule has 1 fully saturated rings. The van der Waals surface area contributed by atoms with Crippen molar-refractivity contribution in [3.05, 3.63) is 35.1 Å². The topological polar surface area (TPSA) is 74.3 Å². The Kier molecular flexibility index (Phi) is 5.05. The number of fused-ring (bicyclic) bond motifs is 1. The smallest absolute Gasteiger partial charge is 0.224 e. The van der Waals surface area contributed by atoms with Crippen molar-refractivity contribution in [1.82, 2.24) is 9.80 Å². The van der Waals surface area contributed by atoms with Gasteiger partial charge in [-0.2, -0.15) is 10.2 Å². The monoisotopic (exact) mass is 355 g/mol. The Bertz CT molecular complexity index is 699. The molecule has 0 bridgehead atoms. The highest BCUT2D eigenvalue weighted by atomic mass is 19.2. The zero-order chi connectivity index (χ0) is 18.1. The van der Waals surface area contributed by atoms with E-state index in [0.29, 0.717) is 25.7 Å². The summed E-state index contributed by atoms with van der Waals surface area (Å²) in [5.41, 5.74) is 5.88. The molecule has 2 heterocycles. The first kappa shape index (κ1) is 17.8. The number of hydrogen-bond donors (Lipinski definition) is 1. The van der Waals surface area contributed by atoms with Gasteiger partial charge < -0.3 is 10.6 Å². The lowest BCUT2D eigenvalue weighted by molar-refractivity contribution is -0.134. The summed E-state index contributed by atoms with van der Waals surface area (Å²) < 4.78 is 39.9. The molecule has 3 rings (SSSR count). The molecule has 1 saturated heterocycles. The Hall–Kier alpha value is -2.00. The summed E-state index contributed by atoms with van der Waals surface area (Å²) in [5, 5.41) is 8.24. The van der Waals surface area contributed by atoms with E-state index in [1.54, 1.807) is 4.90 Å². The standard InChI is InChI=1S/C16H20F3N5O/c1-9-21-22-15-8-23(2-3-24(9)15)16(25)6-11(20)4-10-5-13(18)14(19)7-12(10)17/h5,7,9,11,15H,2-4,6,8,20H2,1H3/t9?,11-,15?/m1/s1. The average Bonchev–Trinajstić information content (AvgIpc) is 2.93. The molecule has 25 heavy (non-hydrogen) atoms. The van der Waals surface area contributed by atoms with Crippen LogP contribution in [0.15, 0.2) is 22.4 Å². The molecule has 2 aliphatic heterocycles. The number of hydrogen-bond acceptors (Lipinski definition) is 5. The zero-order valence-electron chi connectivity index (χ0n) is 13.8. The van der Waals surface area contributed by atoms with Crippen LogP contribution in [0.1, 0.15) is 18.9 Å². The van der Waals surface area contributed by atoms with E-state index in [4.69, 9.17) is 5.73 Å². The Balaban J connectivity index is 1.56. The third-order valence-corrected chi connectivity index (χ3v) is 4.60. The molecule has 0 radical (unpaired) electrons. The fourth-order valence-electron chi connectivity index (χ4n) is 3.21. The van der Waals surface area contributed by atoms with Gasteiger partial charge in [0.15, 0.2) is 11.6 Å². The maximum atomic E-state index is 13.7. The molecule has 2 aliphatic rings. The first-order valence-corrected chi connectivity index (χ1v) is 8.17. The van der Waals surface area contributed by atoms with Crippen LogP contribution in [0.3, 0.4) is 0 Å². The zero-order valence-corrected chi connectivity index (χ0v) is 13.8. The van der Waals surface area contributed by atoms with E-state index in [-0.39, 0.29) is 36.6 Å². The molecular formula is C16H20F3N5O. The summed E-state index contributed by atoms with van der Waals surface area (Å²) in [5.74, 6) is -3.41. The van der Waals surface area contributed by atoms with Crippen molar-refractivity contribution in [3.8, 4) is 0 Å². The normalized spacial score (nSPS) is 24.4. The lowest BCUT2D eigenvalue weighted by Crippen LogP contribution is -2.54. The number of azo groups is 1. The second-order valence-corrected chi connectivity index (χ2v) is 6.45. The van der Waals surface area contributed by atoms with E-state index in [1.165, 1.54) is 0 Å². The highest BCUT2D eigenvalue weighted by Crippen LogP contribution is 2.22. The van der Waals surface area contributed by atoms with E-state index < -0.39 is 23.5 Å². The number of amides is 1. The quantitative estimate of drug-likeness (QED) is 0.835. The lowest BCUT2D eigenvalue weighted by atomic mass is 10.0. The average molecular weight is 355 g/mol. The molecule has 0 spiro atoms. The lowest BCUT2D eigenvalue weighted by Gasteiger charge is -2.37. The summed E-state index contributed by atoms with van der Waals surface area (Å²) in [6.45, 7) is 3.63. The van der Waals surface area contributed by atoms with Crippen LogP contribution in [0.2, 0.25) is 0 Å². The highest BCUT2D eigenvalue weighted by molar-refractivity contribution is 5.77. The largest absolute Gasteiger partial charge is 0.338 e. The number of nitrogens with two attached hydrogens (primary N) is 1. The number of carbonyl (C=O) groups excluding carboxylic acids is 1. The van der Waals surface area contributed by atoms with Crippen LogP contribution in [-0.4, -0.2) is 53.7 Å². The van der Waals surface area contributed by atoms with Gasteiger partial charge in [0.1, 0.15) is 18.1 Å². The summed E-state index contributed by atoms with van der Waals surface area (Å²) in [4.78, 5) is 16.2. The van der Waals surface area contributed by atoms with Crippen LogP contribution < -0.4 is 5.73 Å². The number of halogens is 3. The molecule has 3 atom stereocenters. The van der Waals surface area contributed by atoms with Gasteiger partial charge in [0, 0.05) is 31.6 Å². The predicted octanol–water partition coefficient (Wildman–Crippen LogP) is 1.65. The molecule has 0 aliphatic carbocycles. The van der Waals surface area contributed by atoms with Crippen LogP contribution in [0.4, 0.5) is 13.2 Å². The molecule has 2 N–H and O–H groups in total. The van der Waals surface area contributed by atoms with Crippen molar-refractivity contribution in [1.29, 1.82) is 0 Å². The predicted molar refractivity (Wildman–Crippen MR) is 84.0 cm³/mol. The third kappa shape index (κ3) is 3.82. The van der Waals surface area contributed by atoms with Gasteiger partial charge in [0.05, 0.1) is 6.54 Å². The van der Waals surface area contributed by atoms with Gasteiger partial charge in [-0.25, -0.2) is 13.2 Å². The maximum Gasteiger partial charge on any atom is 0.224 e. The number of piperazine rings is 1. The fourth-order valence-corrected chi connectivity index (χ4v) is 3.21. The van der Waals surface area contributed by atoms with Gasteiger partial charge in [0.25, 0.3) is 0 Å². The Morgan fingerprint density at radius 1 is 1.24 bits per heavy atom. The minimum absolute atomic E-state index is 0.00213. The number of nitrogens with zero attached hydrogens (tertiary/aromatic N) is 4. The van der Waals surface area contributed by atoms with Crippen molar-refractivity contribution in [2.45, 2.75) is 38.1 Å². The van der Waals surface area contributed by atoms with Crippen molar-refractivity contribution < 1.29 is 18.0 Å². The third-order valence-electron chi connectivity index (χ3n) is 4.60. The molecule has 1 aromatic carbocycles. The molecule has 0 aromatic heterocycles. The van der Waals surface area contributed by atoms with Crippen LogP contribution >= 0.6 is 0 Å². The molecular weight excluding hydrogens is 335 g/mol. The van der Waals surface area contributed by atoms with Gasteiger partial charge in [-0.05, 0) is 25.0 Å². The summed E-state index contributed by atoms with van der Waals surface area (Å²) in [6.07, 6.45) is -0.152. The summed E-state index contributed by atoms with van der Waals surface area (Å²) in [7, 11) is 0. The number of benzene rings is 1. The van der Waals surface area contributed by atoms with Crippen LogP contribution in [0, 0.1) is 17.5 Å². The molecule has 9 heteroatoms. The Morgan fingerprint density at radius 3 is 2.72 bits per heavy atom. The summed E-state index contributed by atoms with van der Waals surface area (Å²) >= 11 is 0. The van der Waals surface area contributed by atoms with E-state index in [0.717, 1.165) is 6.07 Å². The van der Waals surface area contributed by atoms with Gasteiger partial charge in [-0.1, -0.05) is 0 Å². The van der Waals surface area contributed by atoms with E-state index in [9.17, 15) is 18.0 Å². The minimum Gasteiger partial charge on any atom is -0.338 e. The van der Waals surface area contributed by atoms with Crippen molar-refractivity contribution in [2.24, 2.45) is 16.0 Å². The molecule has 136 valence electrons. The molecule has 6 nitrogen and oxygen atoms in total. The Morgan fingerprint density at radius 2 is 1.96 bits per heavy atom.